The molecule has 0 saturated carbocycles. The molecule has 2 heterocycles. The van der Waals surface area contributed by atoms with Crippen LogP contribution < -0.4 is 0 Å². The van der Waals surface area contributed by atoms with Crippen LogP contribution in [-0.2, 0) is 5.41 Å². The molecule has 0 radical (unpaired) electrons. The van der Waals surface area contributed by atoms with Crippen molar-refractivity contribution < 1.29 is 0 Å². The van der Waals surface area contributed by atoms with Gasteiger partial charge < -0.3 is 0 Å². The van der Waals surface area contributed by atoms with Gasteiger partial charge in [0.1, 0.15) is 0 Å². The van der Waals surface area contributed by atoms with Crippen LogP contribution in [0, 0.1) is 6.92 Å². The van der Waals surface area contributed by atoms with E-state index in [4.69, 9.17) is 4.98 Å². The molecule has 2 aromatic heterocycles. The van der Waals surface area contributed by atoms with Gasteiger partial charge in [0.15, 0.2) is 0 Å². The number of fused-ring (bicyclic) bond motifs is 3. The van der Waals surface area contributed by atoms with E-state index in [1.807, 2.05) is 12.4 Å². The minimum atomic E-state index is -0.114. The summed E-state index contributed by atoms with van der Waals surface area (Å²) in [4.78, 5) is 9.57. The first-order valence-corrected chi connectivity index (χ1v) is 8.36. The second-order valence-corrected chi connectivity index (χ2v) is 7.19. The summed E-state index contributed by atoms with van der Waals surface area (Å²) in [5.74, 6) is 0. The number of benzene rings is 2. The van der Waals surface area contributed by atoms with Crippen LogP contribution >= 0.6 is 0 Å². The highest BCUT2D eigenvalue weighted by Gasteiger charge is 2.36. The first-order valence-electron chi connectivity index (χ1n) is 8.36. The average Bonchev–Trinajstić information content (AvgIpc) is 2.59. The van der Waals surface area contributed by atoms with Crippen molar-refractivity contribution in [3.63, 3.8) is 0 Å². The van der Waals surface area contributed by atoms with Gasteiger partial charge in [0.25, 0.3) is 0 Å². The average molecular weight is 310 g/mol. The van der Waals surface area contributed by atoms with Gasteiger partial charge in [-0.15, -0.1) is 0 Å². The second-order valence-electron chi connectivity index (χ2n) is 7.19. The van der Waals surface area contributed by atoms with Gasteiger partial charge in [-0.2, -0.15) is 0 Å². The number of nitrogens with zero attached hydrogens (tertiary/aromatic N) is 2. The summed E-state index contributed by atoms with van der Waals surface area (Å²) < 4.78 is 0. The molecule has 1 aliphatic carbocycles. The van der Waals surface area contributed by atoms with Crippen LogP contribution in [0.1, 0.15) is 30.5 Å². The van der Waals surface area contributed by atoms with E-state index in [0.717, 1.165) is 11.2 Å². The Labute approximate surface area is 141 Å². The van der Waals surface area contributed by atoms with Crippen molar-refractivity contribution in [2.45, 2.75) is 26.2 Å². The number of rotatable bonds is 0. The third-order valence-electron chi connectivity index (χ3n) is 5.49. The summed E-state index contributed by atoms with van der Waals surface area (Å²) in [6, 6.07) is 14.9. The lowest BCUT2D eigenvalue weighted by Crippen LogP contribution is -2.26. The molecule has 24 heavy (non-hydrogen) atoms. The molecule has 0 N–H and O–H groups in total. The molecule has 0 aliphatic heterocycles. The van der Waals surface area contributed by atoms with Crippen LogP contribution in [0.4, 0.5) is 0 Å². The Morgan fingerprint density at radius 2 is 1.75 bits per heavy atom. The predicted octanol–water partition coefficient (Wildman–Crippen LogP) is 5.40. The predicted molar refractivity (Wildman–Crippen MR) is 99.3 cm³/mol. The summed E-state index contributed by atoms with van der Waals surface area (Å²) in [7, 11) is 0. The highest BCUT2D eigenvalue weighted by atomic mass is 14.7. The number of para-hydroxylation sites is 1. The lowest BCUT2D eigenvalue weighted by atomic mass is 9.69. The summed E-state index contributed by atoms with van der Waals surface area (Å²) in [6.45, 7) is 6.81. The molecular weight excluding hydrogens is 292 g/mol. The van der Waals surface area contributed by atoms with E-state index in [9.17, 15) is 0 Å². The van der Waals surface area contributed by atoms with Gasteiger partial charge in [-0.3, -0.25) is 4.98 Å². The molecule has 2 nitrogen and oxygen atoms in total. The zero-order valence-electron chi connectivity index (χ0n) is 14.1. The molecular formula is C22H18N2. The molecule has 2 aromatic carbocycles. The number of pyridine rings is 2. The molecule has 1 aliphatic rings. The minimum absolute atomic E-state index is 0.114. The van der Waals surface area contributed by atoms with Gasteiger partial charge in [-0.1, -0.05) is 50.2 Å². The van der Waals surface area contributed by atoms with E-state index < -0.39 is 0 Å². The molecule has 0 atom stereocenters. The number of aryl methyl sites for hydroxylation is 1. The van der Waals surface area contributed by atoms with Crippen LogP contribution in [0.5, 0.6) is 0 Å². The van der Waals surface area contributed by atoms with E-state index in [1.54, 1.807) is 0 Å². The van der Waals surface area contributed by atoms with Crippen LogP contribution in [0.2, 0.25) is 0 Å². The Bertz CT molecular complexity index is 1130. The molecule has 0 unspecified atom stereocenters. The van der Waals surface area contributed by atoms with Gasteiger partial charge in [-0.05, 0) is 35.1 Å². The fourth-order valence-corrected chi connectivity index (χ4v) is 4.38. The molecule has 5 rings (SSSR count). The number of aromatic nitrogens is 2. The third kappa shape index (κ3) is 1.56. The maximum Gasteiger partial charge on any atom is 0.0759 e. The largest absolute Gasteiger partial charge is 0.264 e. The highest BCUT2D eigenvalue weighted by molar-refractivity contribution is 6.03. The fraction of sp³-hybridized carbons (Fsp3) is 0.182. The van der Waals surface area contributed by atoms with Crippen LogP contribution in [0.3, 0.4) is 0 Å². The molecule has 0 spiro atoms. The number of hydrogen-bond donors (Lipinski definition) is 0. The SMILES string of the molecule is Cc1c2c(nc3ccccc13)-c1cccc3cncc(c13)C2(C)C. The Hall–Kier alpha value is -2.74. The van der Waals surface area contributed by atoms with Crippen molar-refractivity contribution in [2.24, 2.45) is 0 Å². The Morgan fingerprint density at radius 3 is 2.62 bits per heavy atom. The number of hydrogen-bond acceptors (Lipinski definition) is 2. The van der Waals surface area contributed by atoms with Crippen LogP contribution in [-0.4, -0.2) is 9.97 Å². The summed E-state index contributed by atoms with van der Waals surface area (Å²) in [5, 5.41) is 3.73. The van der Waals surface area contributed by atoms with Gasteiger partial charge in [0, 0.05) is 34.1 Å². The Balaban J connectivity index is 2.06. The van der Waals surface area contributed by atoms with Crippen LogP contribution in [0.25, 0.3) is 32.9 Å². The molecule has 2 heteroatoms. The van der Waals surface area contributed by atoms with E-state index in [-0.39, 0.29) is 5.41 Å². The van der Waals surface area contributed by atoms with Gasteiger partial charge >= 0.3 is 0 Å². The zero-order valence-corrected chi connectivity index (χ0v) is 14.1. The zero-order chi connectivity index (χ0) is 16.5. The monoisotopic (exact) mass is 310 g/mol. The second kappa shape index (κ2) is 4.41. The van der Waals surface area contributed by atoms with Crippen molar-refractivity contribution >= 4 is 21.7 Å². The highest BCUT2D eigenvalue weighted by Crippen LogP contribution is 2.49. The third-order valence-corrected chi connectivity index (χ3v) is 5.49. The normalized spacial score (nSPS) is 14.8. The molecule has 4 aromatic rings. The van der Waals surface area contributed by atoms with Crippen molar-refractivity contribution in [2.75, 3.05) is 0 Å². The fourth-order valence-electron chi connectivity index (χ4n) is 4.38. The molecule has 0 bridgehead atoms. The van der Waals surface area contributed by atoms with Gasteiger partial charge in [0.2, 0.25) is 0 Å². The quantitative estimate of drug-likeness (QED) is 0.435. The molecule has 0 saturated heterocycles. The summed E-state index contributed by atoms with van der Waals surface area (Å²) in [6.07, 6.45) is 3.99. The van der Waals surface area contributed by atoms with Crippen molar-refractivity contribution in [3.8, 4) is 11.3 Å². The minimum Gasteiger partial charge on any atom is -0.264 e. The van der Waals surface area contributed by atoms with E-state index in [1.165, 1.54) is 38.4 Å². The Morgan fingerprint density at radius 1 is 0.917 bits per heavy atom. The van der Waals surface area contributed by atoms with E-state index in [0.29, 0.717) is 0 Å². The van der Waals surface area contributed by atoms with Gasteiger partial charge in [0.05, 0.1) is 11.2 Å². The maximum absolute atomic E-state index is 5.08. The molecule has 0 fully saturated rings. The lowest BCUT2D eigenvalue weighted by molar-refractivity contribution is 0.635. The topological polar surface area (TPSA) is 25.8 Å². The smallest absolute Gasteiger partial charge is 0.0759 e. The Kier molecular flexibility index (Phi) is 2.52. The van der Waals surface area contributed by atoms with Crippen molar-refractivity contribution in [3.05, 3.63) is 71.5 Å². The maximum atomic E-state index is 5.08. The van der Waals surface area contributed by atoms with Crippen molar-refractivity contribution in [1.29, 1.82) is 0 Å². The van der Waals surface area contributed by atoms with Crippen LogP contribution in [0.15, 0.2) is 54.9 Å². The van der Waals surface area contributed by atoms with E-state index >= 15 is 0 Å². The summed E-state index contributed by atoms with van der Waals surface area (Å²) >= 11 is 0. The van der Waals surface area contributed by atoms with Gasteiger partial charge in [-0.25, -0.2) is 4.98 Å². The standard InChI is InChI=1S/C22H18N2/c1-13-15-8-4-5-10-18(15)24-21-16-9-6-7-14-11-23-12-17(19(14)16)22(2,3)20(13)21/h4-12H,1-3H3. The van der Waals surface area contributed by atoms with E-state index in [2.05, 4.69) is 68.2 Å². The lowest BCUT2D eigenvalue weighted by Gasteiger charge is -2.35. The summed E-state index contributed by atoms with van der Waals surface area (Å²) in [5.41, 5.74) is 7.26. The molecule has 0 amide bonds. The van der Waals surface area contributed by atoms with Crippen molar-refractivity contribution in [1.82, 2.24) is 9.97 Å². The first kappa shape index (κ1) is 13.7. The first-order chi connectivity index (χ1) is 11.6. The molecule has 116 valence electrons.